The number of ether oxygens (including phenoxy) is 2. The van der Waals surface area contributed by atoms with Crippen molar-refractivity contribution in [2.24, 2.45) is 0 Å². The third kappa shape index (κ3) is 3.29. The Bertz CT molecular complexity index is 683. The highest BCUT2D eigenvalue weighted by atomic mass is 32.1. The fourth-order valence-electron chi connectivity index (χ4n) is 1.56. The Labute approximate surface area is 124 Å². The first-order chi connectivity index (χ1) is 10.0. The summed E-state index contributed by atoms with van der Waals surface area (Å²) in [6.45, 7) is 0. The minimum Gasteiger partial charge on any atom is -0.497 e. The van der Waals surface area contributed by atoms with E-state index in [0.29, 0.717) is 17.2 Å². The van der Waals surface area contributed by atoms with E-state index in [1.807, 2.05) is 0 Å². The van der Waals surface area contributed by atoms with Gasteiger partial charge in [-0.2, -0.15) is 0 Å². The topological polar surface area (TPSA) is 97.8 Å². The molecule has 1 heterocycles. The number of benzene rings is 1. The van der Waals surface area contributed by atoms with E-state index in [1.54, 1.807) is 18.2 Å². The summed E-state index contributed by atoms with van der Waals surface area (Å²) in [6, 6.07) is 4.95. The Morgan fingerprint density at radius 3 is 2.62 bits per heavy atom. The molecule has 2 rings (SSSR count). The Balaban J connectivity index is 2.23. The van der Waals surface area contributed by atoms with E-state index in [9.17, 15) is 9.59 Å². The second-order valence-electron chi connectivity index (χ2n) is 3.86. The number of carboxylic acids is 1. The first-order valence-electron chi connectivity index (χ1n) is 5.77. The third-order valence-corrected chi connectivity index (χ3v) is 3.41. The fourth-order valence-corrected chi connectivity index (χ4v) is 2.25. The lowest BCUT2D eigenvalue weighted by Crippen LogP contribution is -2.13. The number of carbonyl (C=O) groups is 2. The highest BCUT2D eigenvalue weighted by Crippen LogP contribution is 2.29. The molecule has 21 heavy (non-hydrogen) atoms. The van der Waals surface area contributed by atoms with Crippen LogP contribution in [0.1, 0.15) is 20.3 Å². The predicted molar refractivity (Wildman–Crippen MR) is 76.6 cm³/mol. The summed E-state index contributed by atoms with van der Waals surface area (Å²) >= 11 is 0.953. The van der Waals surface area contributed by atoms with Crippen molar-refractivity contribution in [3.63, 3.8) is 0 Å². The van der Waals surface area contributed by atoms with Crippen LogP contribution in [-0.2, 0) is 0 Å². The molecule has 0 saturated heterocycles. The van der Waals surface area contributed by atoms with Crippen molar-refractivity contribution in [3.05, 3.63) is 34.3 Å². The molecule has 0 aliphatic carbocycles. The molecule has 0 aliphatic rings. The molecule has 110 valence electrons. The zero-order valence-electron chi connectivity index (χ0n) is 11.2. The lowest BCUT2D eigenvalue weighted by Gasteiger charge is -2.10. The van der Waals surface area contributed by atoms with Crippen LogP contribution in [0.3, 0.4) is 0 Å². The number of nitrogens with zero attached hydrogens (tertiary/aromatic N) is 1. The number of aromatic carboxylic acids is 1. The smallest absolute Gasteiger partial charge is 0.355 e. The zero-order valence-corrected chi connectivity index (χ0v) is 12.1. The summed E-state index contributed by atoms with van der Waals surface area (Å²) in [5.41, 5.74) is 0.247. The number of aromatic nitrogens is 1. The molecule has 0 bridgehead atoms. The van der Waals surface area contributed by atoms with Gasteiger partial charge in [0.1, 0.15) is 11.5 Å². The SMILES string of the molecule is COc1ccc(OC)c(NC(=O)c2nc(C(=O)O)cs2)c1. The Morgan fingerprint density at radius 2 is 2.05 bits per heavy atom. The normalized spacial score (nSPS) is 10.0. The maximum atomic E-state index is 12.1. The van der Waals surface area contributed by atoms with Crippen molar-refractivity contribution in [1.82, 2.24) is 4.98 Å². The Hall–Kier alpha value is -2.61. The summed E-state index contributed by atoms with van der Waals surface area (Å²) in [6.07, 6.45) is 0. The number of carboxylic acid groups (broad SMARTS) is 1. The van der Waals surface area contributed by atoms with E-state index < -0.39 is 11.9 Å². The zero-order chi connectivity index (χ0) is 15.4. The van der Waals surface area contributed by atoms with Crippen molar-refractivity contribution >= 4 is 28.9 Å². The molecule has 2 N–H and O–H groups in total. The molecule has 0 unspecified atom stereocenters. The highest BCUT2D eigenvalue weighted by molar-refractivity contribution is 7.12. The van der Waals surface area contributed by atoms with E-state index in [2.05, 4.69) is 10.3 Å². The molecule has 7 nitrogen and oxygen atoms in total. The van der Waals surface area contributed by atoms with Gasteiger partial charge in [0.15, 0.2) is 10.7 Å². The van der Waals surface area contributed by atoms with Crippen LogP contribution >= 0.6 is 11.3 Å². The summed E-state index contributed by atoms with van der Waals surface area (Å²) < 4.78 is 10.2. The number of anilines is 1. The molecule has 0 fully saturated rings. The number of nitrogens with one attached hydrogen (secondary N) is 1. The van der Waals surface area contributed by atoms with Crippen molar-refractivity contribution in [3.8, 4) is 11.5 Å². The number of hydrogen-bond donors (Lipinski definition) is 2. The van der Waals surface area contributed by atoms with E-state index in [0.717, 1.165) is 11.3 Å². The lowest BCUT2D eigenvalue weighted by molar-refractivity contribution is 0.0691. The molecule has 0 spiro atoms. The van der Waals surface area contributed by atoms with E-state index in [1.165, 1.54) is 19.6 Å². The fraction of sp³-hybridized carbons (Fsp3) is 0.154. The second kappa shape index (κ2) is 6.23. The number of hydrogen-bond acceptors (Lipinski definition) is 6. The van der Waals surface area contributed by atoms with Crippen molar-refractivity contribution in [2.45, 2.75) is 0 Å². The van der Waals surface area contributed by atoms with Gasteiger partial charge in [-0.05, 0) is 12.1 Å². The minimum absolute atomic E-state index is 0.0530. The van der Waals surface area contributed by atoms with Gasteiger partial charge in [-0.15, -0.1) is 11.3 Å². The van der Waals surface area contributed by atoms with E-state index in [-0.39, 0.29) is 10.7 Å². The molecule has 0 radical (unpaired) electrons. The number of amides is 1. The van der Waals surface area contributed by atoms with Gasteiger partial charge < -0.3 is 19.9 Å². The maximum Gasteiger partial charge on any atom is 0.355 e. The lowest BCUT2D eigenvalue weighted by atomic mass is 10.2. The van der Waals surface area contributed by atoms with Gasteiger partial charge in [0, 0.05) is 11.4 Å². The van der Waals surface area contributed by atoms with Crippen molar-refractivity contribution in [2.75, 3.05) is 19.5 Å². The van der Waals surface area contributed by atoms with Gasteiger partial charge in [-0.3, -0.25) is 4.79 Å². The standard InChI is InChI=1S/C13H12N2O5S/c1-19-7-3-4-10(20-2)8(5-7)14-11(16)12-15-9(6-21-12)13(17)18/h3-6H,1-2H3,(H,14,16)(H,17,18). The first-order valence-corrected chi connectivity index (χ1v) is 6.65. The Kier molecular flexibility index (Phi) is 4.39. The molecule has 2 aromatic rings. The molecular weight excluding hydrogens is 296 g/mol. The van der Waals surface area contributed by atoms with Gasteiger partial charge in [0.25, 0.3) is 5.91 Å². The first kappa shape index (κ1) is 14.8. The van der Waals surface area contributed by atoms with Gasteiger partial charge in [-0.1, -0.05) is 0 Å². The van der Waals surface area contributed by atoms with Crippen LogP contribution in [0.4, 0.5) is 5.69 Å². The maximum absolute atomic E-state index is 12.1. The average molecular weight is 308 g/mol. The molecule has 0 atom stereocenters. The quantitative estimate of drug-likeness (QED) is 0.878. The number of carbonyl (C=O) groups excluding carboxylic acids is 1. The molecule has 0 saturated carbocycles. The van der Waals surface area contributed by atoms with Crippen LogP contribution in [0.5, 0.6) is 11.5 Å². The van der Waals surface area contributed by atoms with Gasteiger partial charge in [-0.25, -0.2) is 9.78 Å². The summed E-state index contributed by atoms with van der Waals surface area (Å²) in [4.78, 5) is 26.6. The van der Waals surface area contributed by atoms with E-state index >= 15 is 0 Å². The van der Waals surface area contributed by atoms with Crippen LogP contribution in [-0.4, -0.2) is 36.2 Å². The van der Waals surface area contributed by atoms with Crippen LogP contribution in [0, 0.1) is 0 Å². The molecule has 1 amide bonds. The van der Waals surface area contributed by atoms with Gasteiger partial charge in [0.05, 0.1) is 19.9 Å². The number of thiazole rings is 1. The van der Waals surface area contributed by atoms with Crippen LogP contribution in [0.25, 0.3) is 0 Å². The van der Waals surface area contributed by atoms with Gasteiger partial charge in [0.2, 0.25) is 0 Å². The molecular formula is C13H12N2O5S. The summed E-state index contributed by atoms with van der Waals surface area (Å²) in [5, 5.41) is 12.8. The number of methoxy groups -OCH3 is 2. The minimum atomic E-state index is -1.18. The monoisotopic (exact) mass is 308 g/mol. The average Bonchev–Trinajstić information content (AvgIpc) is 2.97. The van der Waals surface area contributed by atoms with Crippen LogP contribution < -0.4 is 14.8 Å². The molecule has 1 aromatic heterocycles. The van der Waals surface area contributed by atoms with E-state index in [4.69, 9.17) is 14.6 Å². The molecule has 0 aliphatic heterocycles. The van der Waals surface area contributed by atoms with Gasteiger partial charge >= 0.3 is 5.97 Å². The van der Waals surface area contributed by atoms with Crippen molar-refractivity contribution in [1.29, 1.82) is 0 Å². The van der Waals surface area contributed by atoms with Crippen LogP contribution in [0.2, 0.25) is 0 Å². The second-order valence-corrected chi connectivity index (χ2v) is 4.72. The number of rotatable bonds is 5. The van der Waals surface area contributed by atoms with Crippen molar-refractivity contribution < 1.29 is 24.2 Å². The third-order valence-electron chi connectivity index (χ3n) is 2.57. The summed E-state index contributed by atoms with van der Waals surface area (Å²) in [5.74, 6) is -0.682. The predicted octanol–water partition coefficient (Wildman–Crippen LogP) is 2.11. The largest absolute Gasteiger partial charge is 0.497 e. The molecule has 1 aromatic carbocycles. The molecule has 8 heteroatoms. The highest BCUT2D eigenvalue weighted by Gasteiger charge is 2.16. The Morgan fingerprint density at radius 1 is 1.29 bits per heavy atom. The summed E-state index contributed by atoms with van der Waals surface area (Å²) in [7, 11) is 2.98. The van der Waals surface area contributed by atoms with Crippen LogP contribution in [0.15, 0.2) is 23.6 Å².